The van der Waals surface area contributed by atoms with Gasteiger partial charge in [-0.1, -0.05) is 48.5 Å². The van der Waals surface area contributed by atoms with Gasteiger partial charge in [-0.05, 0) is 29.8 Å². The maximum Gasteiger partial charge on any atom is 0.261 e. The van der Waals surface area contributed by atoms with E-state index in [0.717, 1.165) is 11.1 Å². The second-order valence-corrected chi connectivity index (χ2v) is 8.05. The van der Waals surface area contributed by atoms with E-state index in [1.807, 2.05) is 54.6 Å². The maximum atomic E-state index is 11.6. The highest BCUT2D eigenvalue weighted by atomic mass is 35.7. The molecule has 3 aromatic rings. The van der Waals surface area contributed by atoms with Crippen molar-refractivity contribution < 1.29 is 13.2 Å². The third-order valence-electron chi connectivity index (χ3n) is 3.72. The van der Waals surface area contributed by atoms with Crippen LogP contribution < -0.4 is 4.74 Å². The predicted molar refractivity (Wildman–Crippen MR) is 105 cm³/mol. The average molecular weight is 386 g/mol. The van der Waals surface area contributed by atoms with Crippen LogP contribution in [0.15, 0.2) is 82.7 Å². The molecule has 0 saturated heterocycles. The van der Waals surface area contributed by atoms with Gasteiger partial charge in [-0.15, -0.1) is 0 Å². The number of rotatable bonds is 5. The van der Waals surface area contributed by atoms with Crippen molar-refractivity contribution >= 4 is 25.9 Å². The summed E-state index contributed by atoms with van der Waals surface area (Å²) in [4.78, 5) is 3.97. The van der Waals surface area contributed by atoms with E-state index in [0.29, 0.717) is 17.1 Å². The van der Waals surface area contributed by atoms with Crippen LogP contribution in [0.25, 0.3) is 11.1 Å². The zero-order valence-corrected chi connectivity index (χ0v) is 15.5. The van der Waals surface area contributed by atoms with Crippen LogP contribution in [0.1, 0.15) is 5.56 Å². The number of benzene rings is 3. The molecule has 0 amide bonds. The van der Waals surface area contributed by atoms with E-state index in [2.05, 4.69) is 4.99 Å². The summed E-state index contributed by atoms with van der Waals surface area (Å²) in [5, 5.41) is 0. The van der Waals surface area contributed by atoms with Gasteiger partial charge in [-0.25, -0.2) is 8.42 Å². The lowest BCUT2D eigenvalue weighted by Gasteiger charge is -2.13. The number of hydrogen-bond donors (Lipinski definition) is 0. The van der Waals surface area contributed by atoms with Crippen molar-refractivity contribution in [2.75, 3.05) is 7.05 Å². The molecule has 0 radical (unpaired) electrons. The van der Waals surface area contributed by atoms with Gasteiger partial charge in [0.05, 0.1) is 4.90 Å². The van der Waals surface area contributed by atoms with Gasteiger partial charge < -0.3 is 4.74 Å². The Balaban J connectivity index is 2.05. The lowest BCUT2D eigenvalue weighted by atomic mass is 10.0. The standard InChI is InChI=1S/C20H16ClNO3S/c1-22-14-16-13-17(26(21,23)24)11-12-19(16)25-20-10-6-5-9-18(20)15-7-3-2-4-8-15/h2-14H,1H3. The molecule has 6 heteroatoms. The quantitative estimate of drug-likeness (QED) is 0.452. The molecule has 4 nitrogen and oxygen atoms in total. The first-order chi connectivity index (χ1) is 12.5. The third-order valence-corrected chi connectivity index (χ3v) is 5.07. The summed E-state index contributed by atoms with van der Waals surface area (Å²) >= 11 is 0. The molecular weight excluding hydrogens is 370 g/mol. The Kier molecular flexibility index (Phi) is 5.40. The zero-order chi connectivity index (χ0) is 18.6. The van der Waals surface area contributed by atoms with Crippen molar-refractivity contribution in [1.82, 2.24) is 0 Å². The number of ether oxygens (including phenoxy) is 1. The van der Waals surface area contributed by atoms with Crippen molar-refractivity contribution in [2.45, 2.75) is 4.90 Å². The second-order valence-electron chi connectivity index (χ2n) is 5.49. The van der Waals surface area contributed by atoms with Crippen molar-refractivity contribution in [3.63, 3.8) is 0 Å². The molecule has 26 heavy (non-hydrogen) atoms. The fourth-order valence-corrected chi connectivity index (χ4v) is 3.33. The molecule has 3 aromatic carbocycles. The fourth-order valence-electron chi connectivity index (χ4n) is 2.54. The van der Waals surface area contributed by atoms with Crippen molar-refractivity contribution in [3.05, 3.63) is 78.4 Å². The number of hydrogen-bond acceptors (Lipinski definition) is 4. The molecule has 0 N–H and O–H groups in total. The summed E-state index contributed by atoms with van der Waals surface area (Å²) in [6.45, 7) is 0. The lowest BCUT2D eigenvalue weighted by Crippen LogP contribution is -1.97. The van der Waals surface area contributed by atoms with Gasteiger partial charge >= 0.3 is 0 Å². The molecule has 0 unspecified atom stereocenters. The van der Waals surface area contributed by atoms with Crippen molar-refractivity contribution in [3.8, 4) is 22.6 Å². The van der Waals surface area contributed by atoms with Gasteiger partial charge in [0, 0.05) is 35.1 Å². The predicted octanol–water partition coefficient (Wildman–Crippen LogP) is 5.12. The van der Waals surface area contributed by atoms with E-state index in [1.54, 1.807) is 13.1 Å². The number of nitrogens with zero attached hydrogens (tertiary/aromatic N) is 1. The normalized spacial score (nSPS) is 11.6. The smallest absolute Gasteiger partial charge is 0.261 e. The largest absolute Gasteiger partial charge is 0.456 e. The van der Waals surface area contributed by atoms with E-state index in [-0.39, 0.29) is 4.90 Å². The molecule has 0 aromatic heterocycles. The van der Waals surface area contributed by atoms with E-state index in [1.165, 1.54) is 18.3 Å². The molecule has 0 saturated carbocycles. The molecule has 0 aliphatic rings. The van der Waals surface area contributed by atoms with Gasteiger partial charge in [0.2, 0.25) is 0 Å². The fraction of sp³-hybridized carbons (Fsp3) is 0.0500. The summed E-state index contributed by atoms with van der Waals surface area (Å²) in [5.41, 5.74) is 2.48. The van der Waals surface area contributed by atoms with E-state index >= 15 is 0 Å². The van der Waals surface area contributed by atoms with Gasteiger partial charge in [0.15, 0.2) is 0 Å². The van der Waals surface area contributed by atoms with Gasteiger partial charge in [0.1, 0.15) is 11.5 Å². The van der Waals surface area contributed by atoms with Crippen LogP contribution in [-0.2, 0) is 9.05 Å². The molecule has 3 rings (SSSR count). The molecule has 0 atom stereocenters. The van der Waals surface area contributed by atoms with Gasteiger partial charge in [-0.2, -0.15) is 0 Å². The first kappa shape index (κ1) is 18.2. The average Bonchev–Trinajstić information content (AvgIpc) is 2.64. The Morgan fingerprint density at radius 1 is 0.923 bits per heavy atom. The minimum atomic E-state index is -3.83. The van der Waals surface area contributed by atoms with Crippen LogP contribution in [0.4, 0.5) is 0 Å². The van der Waals surface area contributed by atoms with Crippen LogP contribution >= 0.6 is 10.7 Å². The Labute approximate surface area is 157 Å². The minimum absolute atomic E-state index is 0.00207. The molecule has 0 fully saturated rings. The first-order valence-electron chi connectivity index (χ1n) is 7.82. The summed E-state index contributed by atoms with van der Waals surface area (Å²) in [5.74, 6) is 1.15. The highest BCUT2D eigenvalue weighted by molar-refractivity contribution is 8.13. The first-order valence-corrected chi connectivity index (χ1v) is 10.1. The van der Waals surface area contributed by atoms with E-state index in [4.69, 9.17) is 15.4 Å². The van der Waals surface area contributed by atoms with Gasteiger partial charge in [-0.3, -0.25) is 4.99 Å². The van der Waals surface area contributed by atoms with Crippen molar-refractivity contribution in [1.29, 1.82) is 0 Å². The molecule has 0 heterocycles. The van der Waals surface area contributed by atoms with Crippen LogP contribution in [0, 0.1) is 0 Å². The van der Waals surface area contributed by atoms with E-state index < -0.39 is 9.05 Å². The summed E-state index contributed by atoms with van der Waals surface area (Å²) in [6, 6.07) is 22.0. The van der Waals surface area contributed by atoms with Crippen LogP contribution in [0.2, 0.25) is 0 Å². The summed E-state index contributed by atoms with van der Waals surface area (Å²) in [7, 11) is 3.21. The third kappa shape index (κ3) is 4.12. The van der Waals surface area contributed by atoms with Crippen LogP contribution in [0.3, 0.4) is 0 Å². The van der Waals surface area contributed by atoms with Crippen molar-refractivity contribution in [2.24, 2.45) is 4.99 Å². The van der Waals surface area contributed by atoms with Gasteiger partial charge in [0.25, 0.3) is 9.05 Å². The SMILES string of the molecule is CN=Cc1cc(S(=O)(=O)Cl)ccc1Oc1ccccc1-c1ccccc1. The highest BCUT2D eigenvalue weighted by Gasteiger charge is 2.14. The summed E-state index contributed by atoms with van der Waals surface area (Å²) < 4.78 is 29.2. The molecule has 0 aliphatic heterocycles. The number of halogens is 1. The Bertz CT molecular complexity index is 1050. The molecule has 0 spiro atoms. The highest BCUT2D eigenvalue weighted by Crippen LogP contribution is 2.35. The molecule has 0 bridgehead atoms. The Morgan fingerprint density at radius 3 is 2.31 bits per heavy atom. The molecular formula is C20H16ClNO3S. The second kappa shape index (κ2) is 7.72. The molecule has 0 aliphatic carbocycles. The van der Waals surface area contributed by atoms with Crippen LogP contribution in [0.5, 0.6) is 11.5 Å². The maximum absolute atomic E-state index is 11.6. The Hall–Kier alpha value is -2.63. The van der Waals surface area contributed by atoms with Crippen LogP contribution in [-0.4, -0.2) is 21.7 Å². The summed E-state index contributed by atoms with van der Waals surface area (Å²) in [6.07, 6.45) is 1.53. The number of para-hydroxylation sites is 1. The molecule has 132 valence electrons. The topological polar surface area (TPSA) is 55.7 Å². The van der Waals surface area contributed by atoms with E-state index in [9.17, 15) is 8.42 Å². The lowest BCUT2D eigenvalue weighted by molar-refractivity contribution is 0.483. The minimum Gasteiger partial charge on any atom is -0.456 e. The Morgan fingerprint density at radius 2 is 1.62 bits per heavy atom. The monoisotopic (exact) mass is 385 g/mol. The zero-order valence-electron chi connectivity index (χ0n) is 14.0. The number of aliphatic imine (C=N–C) groups is 1.